The Hall–Kier alpha value is -0.940. The molecule has 0 unspecified atom stereocenters. The van der Waals surface area contributed by atoms with Crippen LogP contribution >= 0.6 is 22.9 Å². The van der Waals surface area contributed by atoms with E-state index in [1.54, 1.807) is 11.3 Å². The maximum Gasteiger partial charge on any atom is 0.125 e. The second kappa shape index (κ2) is 6.44. The second-order valence-corrected chi connectivity index (χ2v) is 6.84. The van der Waals surface area contributed by atoms with Gasteiger partial charge in [0.1, 0.15) is 5.01 Å². The van der Waals surface area contributed by atoms with Crippen LogP contribution in [0.5, 0.6) is 0 Å². The number of halogens is 1. The van der Waals surface area contributed by atoms with Gasteiger partial charge in [-0.2, -0.15) is 0 Å². The Morgan fingerprint density at radius 3 is 2.71 bits per heavy atom. The van der Waals surface area contributed by atoms with E-state index in [4.69, 9.17) is 21.3 Å². The standard InChI is InChI=1S/C16H19ClN2OS/c1-11-7-19(8-12(2)20-11)9-13-10-21-16(18-13)14-5-3-4-6-15(14)17/h3-6,10-12H,7-9H2,1-2H3/t11-,12-/m1/s1. The molecule has 1 aromatic carbocycles. The molecule has 1 fully saturated rings. The molecule has 0 spiro atoms. The zero-order chi connectivity index (χ0) is 14.8. The van der Waals surface area contributed by atoms with Crippen LogP contribution < -0.4 is 0 Å². The van der Waals surface area contributed by atoms with Crippen molar-refractivity contribution in [2.75, 3.05) is 13.1 Å². The van der Waals surface area contributed by atoms with Gasteiger partial charge in [-0.25, -0.2) is 4.98 Å². The highest BCUT2D eigenvalue weighted by Gasteiger charge is 2.22. The van der Waals surface area contributed by atoms with Crippen LogP contribution in [0.15, 0.2) is 29.6 Å². The molecule has 1 aliphatic rings. The number of benzene rings is 1. The summed E-state index contributed by atoms with van der Waals surface area (Å²) in [6.07, 6.45) is 0.575. The maximum atomic E-state index is 6.24. The number of hydrogen-bond donors (Lipinski definition) is 0. The molecular formula is C16H19ClN2OS. The lowest BCUT2D eigenvalue weighted by Gasteiger charge is -2.34. The first-order valence-corrected chi connectivity index (χ1v) is 8.44. The number of rotatable bonds is 3. The molecule has 0 N–H and O–H groups in total. The molecule has 5 heteroatoms. The summed E-state index contributed by atoms with van der Waals surface area (Å²) in [5, 5.41) is 3.88. The van der Waals surface area contributed by atoms with E-state index < -0.39 is 0 Å². The van der Waals surface area contributed by atoms with Gasteiger partial charge in [0.2, 0.25) is 0 Å². The van der Waals surface area contributed by atoms with Crippen LogP contribution in [0, 0.1) is 0 Å². The summed E-state index contributed by atoms with van der Waals surface area (Å²) >= 11 is 7.89. The zero-order valence-electron chi connectivity index (χ0n) is 12.3. The number of hydrogen-bond acceptors (Lipinski definition) is 4. The van der Waals surface area contributed by atoms with Crippen molar-refractivity contribution in [3.05, 3.63) is 40.4 Å². The van der Waals surface area contributed by atoms with Gasteiger partial charge in [-0.1, -0.05) is 29.8 Å². The summed E-state index contributed by atoms with van der Waals surface area (Å²) in [4.78, 5) is 7.14. The van der Waals surface area contributed by atoms with Crippen molar-refractivity contribution < 1.29 is 4.74 Å². The summed E-state index contributed by atoms with van der Waals surface area (Å²) in [7, 11) is 0. The lowest BCUT2D eigenvalue weighted by molar-refractivity contribution is -0.0707. The highest BCUT2D eigenvalue weighted by atomic mass is 35.5. The summed E-state index contributed by atoms with van der Waals surface area (Å²) in [5.41, 5.74) is 2.12. The highest BCUT2D eigenvalue weighted by Crippen LogP contribution is 2.30. The first-order valence-electron chi connectivity index (χ1n) is 7.19. The van der Waals surface area contributed by atoms with Crippen molar-refractivity contribution >= 4 is 22.9 Å². The summed E-state index contributed by atoms with van der Waals surface area (Å²) in [6, 6.07) is 7.86. The second-order valence-electron chi connectivity index (χ2n) is 5.58. The Kier molecular flexibility index (Phi) is 4.60. The summed E-state index contributed by atoms with van der Waals surface area (Å²) in [5.74, 6) is 0. The first kappa shape index (κ1) is 15.0. The van der Waals surface area contributed by atoms with Gasteiger partial charge in [0.25, 0.3) is 0 Å². The predicted molar refractivity (Wildman–Crippen MR) is 87.8 cm³/mol. The van der Waals surface area contributed by atoms with Crippen molar-refractivity contribution in [3.63, 3.8) is 0 Å². The number of thiazole rings is 1. The average molecular weight is 323 g/mol. The van der Waals surface area contributed by atoms with E-state index in [0.717, 1.165) is 40.9 Å². The Morgan fingerprint density at radius 2 is 2.00 bits per heavy atom. The van der Waals surface area contributed by atoms with E-state index in [9.17, 15) is 0 Å². The van der Waals surface area contributed by atoms with E-state index in [1.165, 1.54) is 0 Å². The van der Waals surface area contributed by atoms with Crippen molar-refractivity contribution in [3.8, 4) is 10.6 Å². The van der Waals surface area contributed by atoms with Crippen molar-refractivity contribution in [2.45, 2.75) is 32.6 Å². The van der Waals surface area contributed by atoms with Gasteiger partial charge in [0, 0.05) is 30.6 Å². The topological polar surface area (TPSA) is 25.4 Å². The third-order valence-corrected chi connectivity index (χ3v) is 4.79. The van der Waals surface area contributed by atoms with E-state index in [0.29, 0.717) is 0 Å². The predicted octanol–water partition coefficient (Wildman–Crippen LogP) is 4.07. The smallest absolute Gasteiger partial charge is 0.125 e. The number of aromatic nitrogens is 1. The van der Waals surface area contributed by atoms with Gasteiger partial charge < -0.3 is 4.74 Å². The van der Waals surface area contributed by atoms with Crippen LogP contribution in [0.2, 0.25) is 5.02 Å². The zero-order valence-corrected chi connectivity index (χ0v) is 13.8. The molecule has 2 heterocycles. The van der Waals surface area contributed by atoms with E-state index in [1.807, 2.05) is 24.3 Å². The van der Waals surface area contributed by atoms with E-state index in [2.05, 4.69) is 24.1 Å². The van der Waals surface area contributed by atoms with Gasteiger partial charge >= 0.3 is 0 Å². The molecule has 2 aromatic rings. The lowest BCUT2D eigenvalue weighted by Crippen LogP contribution is -2.44. The molecule has 1 aliphatic heterocycles. The Bertz CT molecular complexity index is 606. The molecular weight excluding hydrogens is 304 g/mol. The van der Waals surface area contributed by atoms with Crippen molar-refractivity contribution in [1.29, 1.82) is 0 Å². The van der Waals surface area contributed by atoms with Gasteiger partial charge in [0.15, 0.2) is 0 Å². The van der Waals surface area contributed by atoms with Gasteiger partial charge in [0.05, 0.1) is 22.9 Å². The Labute approximate surface area is 134 Å². The fourth-order valence-corrected chi connectivity index (χ4v) is 3.91. The van der Waals surface area contributed by atoms with Gasteiger partial charge in [-0.15, -0.1) is 11.3 Å². The number of ether oxygens (including phenoxy) is 1. The maximum absolute atomic E-state index is 6.24. The molecule has 0 aliphatic carbocycles. The molecule has 1 aromatic heterocycles. The minimum atomic E-state index is 0.287. The summed E-state index contributed by atoms with van der Waals surface area (Å²) in [6.45, 7) is 7.04. The lowest BCUT2D eigenvalue weighted by atomic mass is 10.2. The monoisotopic (exact) mass is 322 g/mol. The normalized spacial score (nSPS) is 23.4. The quantitative estimate of drug-likeness (QED) is 0.851. The molecule has 2 atom stereocenters. The van der Waals surface area contributed by atoms with Gasteiger partial charge in [-0.3, -0.25) is 4.90 Å². The Balaban J connectivity index is 1.72. The first-order chi connectivity index (χ1) is 10.1. The SMILES string of the molecule is C[C@@H]1CN(Cc2csc(-c3ccccc3Cl)n2)C[C@@H](C)O1. The van der Waals surface area contributed by atoms with Crippen LogP contribution in [-0.4, -0.2) is 35.2 Å². The number of morpholine rings is 1. The average Bonchev–Trinajstić information content (AvgIpc) is 2.86. The largest absolute Gasteiger partial charge is 0.373 e. The molecule has 1 saturated heterocycles. The molecule has 3 nitrogen and oxygen atoms in total. The molecule has 3 rings (SSSR count). The van der Waals surface area contributed by atoms with Crippen molar-refractivity contribution in [2.24, 2.45) is 0 Å². The van der Waals surface area contributed by atoms with Crippen LogP contribution in [0.25, 0.3) is 10.6 Å². The van der Waals surface area contributed by atoms with E-state index >= 15 is 0 Å². The molecule has 112 valence electrons. The fourth-order valence-electron chi connectivity index (χ4n) is 2.78. The minimum absolute atomic E-state index is 0.287. The van der Waals surface area contributed by atoms with Crippen LogP contribution in [0.3, 0.4) is 0 Å². The van der Waals surface area contributed by atoms with Crippen molar-refractivity contribution in [1.82, 2.24) is 9.88 Å². The highest BCUT2D eigenvalue weighted by molar-refractivity contribution is 7.13. The fraction of sp³-hybridized carbons (Fsp3) is 0.438. The van der Waals surface area contributed by atoms with Crippen LogP contribution in [-0.2, 0) is 11.3 Å². The third kappa shape index (κ3) is 3.64. The van der Waals surface area contributed by atoms with Gasteiger partial charge in [-0.05, 0) is 19.9 Å². The van der Waals surface area contributed by atoms with Crippen LogP contribution in [0.1, 0.15) is 19.5 Å². The minimum Gasteiger partial charge on any atom is -0.373 e. The molecule has 0 saturated carbocycles. The molecule has 0 bridgehead atoms. The van der Waals surface area contributed by atoms with E-state index in [-0.39, 0.29) is 12.2 Å². The van der Waals surface area contributed by atoms with Crippen LogP contribution in [0.4, 0.5) is 0 Å². The molecule has 0 amide bonds. The number of nitrogens with zero attached hydrogens (tertiary/aromatic N) is 2. The third-order valence-electron chi connectivity index (χ3n) is 3.54. The summed E-state index contributed by atoms with van der Waals surface area (Å²) < 4.78 is 5.77. The Morgan fingerprint density at radius 1 is 1.29 bits per heavy atom. The molecule has 0 radical (unpaired) electrons. The molecule has 21 heavy (non-hydrogen) atoms.